The van der Waals surface area contributed by atoms with E-state index in [2.05, 4.69) is 5.32 Å². The lowest BCUT2D eigenvalue weighted by molar-refractivity contribution is -0.117. The van der Waals surface area contributed by atoms with Gasteiger partial charge in [0.1, 0.15) is 6.61 Å². The summed E-state index contributed by atoms with van der Waals surface area (Å²) < 4.78 is 29.4. The van der Waals surface area contributed by atoms with Gasteiger partial charge in [0.05, 0.1) is 43.7 Å². The first-order chi connectivity index (χ1) is 18.5. The monoisotopic (exact) mass is 558 g/mol. The van der Waals surface area contributed by atoms with Gasteiger partial charge >= 0.3 is 0 Å². The topological polar surface area (TPSA) is 78.5 Å². The molecule has 1 amide bonds. The summed E-state index contributed by atoms with van der Waals surface area (Å²) in [5, 5.41) is 3.90. The number of carbonyl (C=O) groups is 1. The normalized spacial score (nSPS) is 16.8. The minimum absolute atomic E-state index is 0.106. The average molecular weight is 559 g/mol. The van der Waals surface area contributed by atoms with Gasteiger partial charge in [-0.15, -0.1) is 0 Å². The molecule has 8 nitrogen and oxygen atoms in total. The van der Waals surface area contributed by atoms with E-state index < -0.39 is 0 Å². The lowest BCUT2D eigenvalue weighted by atomic mass is 10.1. The number of halogens is 2. The Balaban J connectivity index is 1.37. The van der Waals surface area contributed by atoms with Crippen molar-refractivity contribution in [3.63, 3.8) is 0 Å². The van der Waals surface area contributed by atoms with Crippen LogP contribution in [0.5, 0.6) is 28.7 Å². The van der Waals surface area contributed by atoms with Crippen LogP contribution in [-0.2, 0) is 16.1 Å². The Morgan fingerprint density at radius 1 is 0.816 bits per heavy atom. The van der Waals surface area contributed by atoms with E-state index in [1.54, 1.807) is 24.3 Å². The van der Waals surface area contributed by atoms with Gasteiger partial charge in [0, 0.05) is 24.5 Å². The molecule has 0 saturated heterocycles. The van der Waals surface area contributed by atoms with Gasteiger partial charge in [-0.3, -0.25) is 9.69 Å². The zero-order valence-corrected chi connectivity index (χ0v) is 22.2. The summed E-state index contributed by atoms with van der Waals surface area (Å²) in [5.74, 6) is 2.49. The fraction of sp³-hybridized carbons (Fsp3) is 0.321. The second kappa shape index (κ2) is 12.6. The van der Waals surface area contributed by atoms with Crippen LogP contribution in [0, 0.1) is 0 Å². The summed E-state index contributed by atoms with van der Waals surface area (Å²) in [4.78, 5) is 15.2. The third-order valence-corrected chi connectivity index (χ3v) is 6.47. The number of fused-ring (bicyclic) bond motifs is 3. The van der Waals surface area contributed by atoms with Crippen molar-refractivity contribution in [1.29, 1.82) is 0 Å². The molecule has 0 aliphatic carbocycles. The Bertz CT molecular complexity index is 1290. The van der Waals surface area contributed by atoms with Crippen molar-refractivity contribution in [3.05, 3.63) is 70.2 Å². The first-order valence-electron chi connectivity index (χ1n) is 12.4. The third-order valence-electron chi connectivity index (χ3n) is 5.96. The molecular formula is C28H28Cl2N2O6. The molecule has 2 aliphatic rings. The Morgan fingerprint density at radius 2 is 1.63 bits per heavy atom. The number of nitrogens with zero attached hydrogens (tertiary/aromatic N) is 1. The van der Waals surface area contributed by atoms with E-state index in [0.717, 1.165) is 12.0 Å². The smallest absolute Gasteiger partial charge is 0.238 e. The van der Waals surface area contributed by atoms with Crippen LogP contribution in [0.15, 0.2) is 54.6 Å². The van der Waals surface area contributed by atoms with E-state index in [0.29, 0.717) is 90.6 Å². The number of nitrogens with one attached hydrogen (secondary N) is 1. The maximum Gasteiger partial charge on any atom is 0.238 e. The predicted molar refractivity (Wildman–Crippen MR) is 145 cm³/mol. The molecule has 0 fully saturated rings. The lowest BCUT2D eigenvalue weighted by Gasteiger charge is -2.23. The number of anilines is 1. The molecule has 0 bridgehead atoms. The summed E-state index contributed by atoms with van der Waals surface area (Å²) in [6, 6.07) is 16.2. The SMILES string of the molecule is O=C1CN(Cc2cc(Cl)c3c(c2)OCCCO3)CCOCCOc2ccccc2Oc2ccc(Cl)cc2N1. The predicted octanol–water partition coefficient (Wildman–Crippen LogP) is 5.80. The van der Waals surface area contributed by atoms with Crippen molar-refractivity contribution >= 4 is 34.8 Å². The van der Waals surface area contributed by atoms with Crippen LogP contribution >= 0.6 is 23.2 Å². The van der Waals surface area contributed by atoms with Crippen LogP contribution in [-0.4, -0.2) is 56.9 Å². The molecule has 38 heavy (non-hydrogen) atoms. The number of para-hydroxylation sites is 2. The number of hydrogen-bond donors (Lipinski definition) is 1. The molecule has 0 radical (unpaired) electrons. The number of carbonyl (C=O) groups excluding carboxylic acids is 1. The van der Waals surface area contributed by atoms with E-state index >= 15 is 0 Å². The Labute approximate surface area is 231 Å². The van der Waals surface area contributed by atoms with Crippen molar-refractivity contribution in [2.45, 2.75) is 13.0 Å². The van der Waals surface area contributed by atoms with Gasteiger partial charge in [0.25, 0.3) is 0 Å². The molecule has 2 aliphatic heterocycles. The molecule has 0 spiro atoms. The van der Waals surface area contributed by atoms with Gasteiger partial charge in [0.2, 0.25) is 5.91 Å². The molecule has 0 unspecified atom stereocenters. The Hall–Kier alpha value is -3.17. The van der Waals surface area contributed by atoms with Crippen molar-refractivity contribution in [1.82, 2.24) is 4.90 Å². The van der Waals surface area contributed by atoms with Crippen molar-refractivity contribution in [3.8, 4) is 28.7 Å². The zero-order chi connectivity index (χ0) is 26.3. The van der Waals surface area contributed by atoms with Crippen LogP contribution < -0.4 is 24.3 Å². The highest BCUT2D eigenvalue weighted by molar-refractivity contribution is 6.32. The molecule has 0 aromatic heterocycles. The van der Waals surface area contributed by atoms with E-state index in [-0.39, 0.29) is 12.5 Å². The van der Waals surface area contributed by atoms with Crippen LogP contribution in [0.25, 0.3) is 0 Å². The third kappa shape index (κ3) is 6.82. The number of amides is 1. The van der Waals surface area contributed by atoms with Gasteiger partial charge in [-0.2, -0.15) is 0 Å². The zero-order valence-electron chi connectivity index (χ0n) is 20.7. The summed E-state index contributed by atoms with van der Waals surface area (Å²) in [7, 11) is 0. The highest BCUT2D eigenvalue weighted by Crippen LogP contribution is 2.39. The summed E-state index contributed by atoms with van der Waals surface area (Å²) >= 11 is 12.7. The molecule has 0 atom stereocenters. The first-order valence-corrected chi connectivity index (χ1v) is 13.2. The Morgan fingerprint density at radius 3 is 2.53 bits per heavy atom. The molecule has 2 heterocycles. The molecule has 200 valence electrons. The number of hydrogen-bond acceptors (Lipinski definition) is 7. The average Bonchev–Trinajstić information content (AvgIpc) is 3.14. The van der Waals surface area contributed by atoms with E-state index in [4.69, 9.17) is 46.9 Å². The van der Waals surface area contributed by atoms with Gasteiger partial charge in [-0.05, 0) is 48.0 Å². The molecule has 5 rings (SSSR count). The minimum Gasteiger partial charge on any atom is -0.489 e. The van der Waals surface area contributed by atoms with Crippen LogP contribution in [0.2, 0.25) is 10.0 Å². The largest absolute Gasteiger partial charge is 0.489 e. The summed E-state index contributed by atoms with van der Waals surface area (Å²) in [5.41, 5.74) is 1.36. The second-order valence-electron chi connectivity index (χ2n) is 8.86. The number of ether oxygens (including phenoxy) is 5. The van der Waals surface area contributed by atoms with E-state index in [1.807, 2.05) is 35.2 Å². The lowest BCUT2D eigenvalue weighted by Crippen LogP contribution is -2.35. The van der Waals surface area contributed by atoms with E-state index in [9.17, 15) is 4.79 Å². The highest BCUT2D eigenvalue weighted by atomic mass is 35.5. The molecule has 0 saturated carbocycles. The standard InChI is InChI=1S/C28H28Cl2N2O6/c29-20-6-7-23-22(16-20)31-27(33)18-32(8-11-34-12-13-36-24-4-1-2-5-25(24)38-23)17-19-14-21(30)28-26(15-19)35-9-3-10-37-28/h1-2,4-7,14-16H,3,8-13,17-18H2,(H,31,33). The molecule has 3 aromatic carbocycles. The van der Waals surface area contributed by atoms with Gasteiger partial charge in [-0.25, -0.2) is 0 Å². The van der Waals surface area contributed by atoms with Crippen molar-refractivity contribution < 1.29 is 28.5 Å². The van der Waals surface area contributed by atoms with Crippen LogP contribution in [0.4, 0.5) is 5.69 Å². The maximum atomic E-state index is 13.2. The van der Waals surface area contributed by atoms with Gasteiger partial charge < -0.3 is 29.0 Å². The van der Waals surface area contributed by atoms with Crippen LogP contribution in [0.1, 0.15) is 12.0 Å². The first kappa shape index (κ1) is 26.4. The highest BCUT2D eigenvalue weighted by Gasteiger charge is 2.20. The quantitative estimate of drug-likeness (QED) is 0.426. The second-order valence-corrected chi connectivity index (χ2v) is 9.71. The minimum atomic E-state index is -0.225. The van der Waals surface area contributed by atoms with Gasteiger partial charge in [-0.1, -0.05) is 35.3 Å². The molecule has 3 aromatic rings. The van der Waals surface area contributed by atoms with Crippen LogP contribution in [0.3, 0.4) is 0 Å². The fourth-order valence-electron chi connectivity index (χ4n) is 4.21. The summed E-state index contributed by atoms with van der Waals surface area (Å²) in [6.45, 7) is 3.33. The van der Waals surface area contributed by atoms with Gasteiger partial charge in [0.15, 0.2) is 28.7 Å². The van der Waals surface area contributed by atoms with E-state index in [1.165, 1.54) is 0 Å². The van der Waals surface area contributed by atoms with Crippen molar-refractivity contribution in [2.75, 3.05) is 51.4 Å². The Kier molecular flexibility index (Phi) is 8.75. The fourth-order valence-corrected chi connectivity index (χ4v) is 4.67. The summed E-state index contributed by atoms with van der Waals surface area (Å²) in [6.07, 6.45) is 0.786. The maximum absolute atomic E-state index is 13.2. The number of benzene rings is 3. The molecule has 10 heteroatoms. The number of rotatable bonds is 2. The molecule has 1 N–H and O–H groups in total. The van der Waals surface area contributed by atoms with Crippen molar-refractivity contribution in [2.24, 2.45) is 0 Å². The molecular weight excluding hydrogens is 531 g/mol.